The van der Waals surface area contributed by atoms with Crippen LogP contribution in [0.15, 0.2) is 48.6 Å². The highest BCUT2D eigenvalue weighted by Gasteiger charge is 2.59. The summed E-state index contributed by atoms with van der Waals surface area (Å²) in [6.07, 6.45) is 16.8. The van der Waals surface area contributed by atoms with Crippen LogP contribution in [-0.4, -0.2) is 34.0 Å². The molecule has 0 aliphatic heterocycles. The third-order valence-electron chi connectivity index (χ3n) is 14.5. The summed E-state index contributed by atoms with van der Waals surface area (Å²) < 4.78 is 0. The molecule has 0 aromatic carbocycles. The molecule has 47 heavy (non-hydrogen) atoms. The zero-order chi connectivity index (χ0) is 35.4. The van der Waals surface area contributed by atoms with Crippen LogP contribution in [0.4, 0.5) is 0 Å². The van der Waals surface area contributed by atoms with Crippen molar-refractivity contribution in [1.82, 2.24) is 0 Å². The predicted octanol–water partition coefficient (Wildman–Crippen LogP) is 9.11. The van der Waals surface area contributed by atoms with Gasteiger partial charge < -0.3 is 10.2 Å². The van der Waals surface area contributed by atoms with Gasteiger partial charge in [-0.05, 0) is 95.0 Å². The number of carbonyl (C=O) groups excluding carboxylic acids is 2. The molecule has 2 N–H and O–H groups in total. The molecule has 6 aliphatic rings. The maximum atomic E-state index is 12.8. The molecule has 4 fully saturated rings. The quantitative estimate of drug-likeness (QED) is 0.292. The molecule has 0 aromatic heterocycles. The second-order valence-electron chi connectivity index (χ2n) is 18.2. The first-order valence-electron chi connectivity index (χ1n) is 18.2. The number of hydrogen-bond acceptors (Lipinski definition) is 5. The Kier molecular flexibility index (Phi) is 10.3. The van der Waals surface area contributed by atoms with Crippen LogP contribution in [0.5, 0.6) is 0 Å². The van der Waals surface area contributed by atoms with Crippen molar-refractivity contribution in [2.45, 2.75) is 139 Å². The van der Waals surface area contributed by atoms with Gasteiger partial charge >= 0.3 is 0 Å². The number of fused-ring (bicyclic) bond motifs is 6. The van der Waals surface area contributed by atoms with Gasteiger partial charge in [-0.25, -0.2) is 0 Å². The molecule has 0 bridgehead atoms. The molecule has 6 aliphatic carbocycles. The number of ketones is 2. The van der Waals surface area contributed by atoms with Gasteiger partial charge in [-0.1, -0.05) is 92.5 Å². The minimum atomic E-state index is -0.463. The Hall–Kier alpha value is -2.29. The zero-order valence-electron chi connectivity index (χ0n) is 30.9. The van der Waals surface area contributed by atoms with E-state index in [1.54, 1.807) is 18.2 Å². The zero-order valence-corrected chi connectivity index (χ0v) is 30.9. The van der Waals surface area contributed by atoms with Crippen molar-refractivity contribution in [3.63, 3.8) is 0 Å². The highest BCUT2D eigenvalue weighted by atomic mass is 16.3. The fourth-order valence-corrected chi connectivity index (χ4v) is 11.3. The molecule has 0 radical (unpaired) electrons. The summed E-state index contributed by atoms with van der Waals surface area (Å²) in [4.78, 5) is 25.7. The minimum absolute atomic E-state index is 0.144. The molecule has 0 aromatic rings. The Morgan fingerprint density at radius 3 is 1.32 bits per heavy atom. The molecular formula is C42H63NO4. The Morgan fingerprint density at radius 1 is 0.702 bits per heavy atom. The summed E-state index contributed by atoms with van der Waals surface area (Å²) in [7, 11) is 0. The molecule has 10 atom stereocenters. The van der Waals surface area contributed by atoms with E-state index < -0.39 is 23.0 Å². The fourth-order valence-electron chi connectivity index (χ4n) is 11.3. The molecule has 4 saturated carbocycles. The van der Waals surface area contributed by atoms with Crippen LogP contribution in [0.3, 0.4) is 0 Å². The van der Waals surface area contributed by atoms with E-state index in [2.05, 4.69) is 54.7 Å². The molecule has 0 spiro atoms. The number of rotatable bonds is 2. The third kappa shape index (κ3) is 6.32. The van der Waals surface area contributed by atoms with E-state index in [1.807, 2.05) is 26.0 Å². The monoisotopic (exact) mass is 645 g/mol. The fraction of sp³-hybridized carbons (Fsp3) is 0.738. The standard InChI is InChI=1S/2C20H30O2.C2H3N/c2*1-6-19(4)12-13-14(10-17(19)22)20(5)9-7-8-18(2,3)16(20)11-15(13)21;1-2-3/h2*6,12,14,16-17,22H,1,7-11H2,2-5H3;1H3/t2*14-,16-,17+,19+,20+;/m00./s1. The summed E-state index contributed by atoms with van der Waals surface area (Å²) in [5, 5.41) is 28.6. The lowest BCUT2D eigenvalue weighted by Crippen LogP contribution is -2.55. The van der Waals surface area contributed by atoms with Crippen molar-refractivity contribution >= 4 is 11.6 Å². The van der Waals surface area contributed by atoms with Crippen LogP contribution in [0.25, 0.3) is 0 Å². The second-order valence-corrected chi connectivity index (χ2v) is 18.2. The Labute approximate surface area is 285 Å². The van der Waals surface area contributed by atoms with Crippen molar-refractivity contribution in [3.05, 3.63) is 48.6 Å². The first-order valence-corrected chi connectivity index (χ1v) is 18.2. The molecule has 0 saturated heterocycles. The normalized spacial score (nSPS) is 44.4. The second kappa shape index (κ2) is 12.9. The van der Waals surface area contributed by atoms with E-state index in [4.69, 9.17) is 5.26 Å². The first-order chi connectivity index (χ1) is 21.7. The van der Waals surface area contributed by atoms with Crippen LogP contribution in [0.2, 0.25) is 0 Å². The number of hydrogen-bond donors (Lipinski definition) is 2. The maximum Gasteiger partial charge on any atom is 0.159 e. The molecular weight excluding hydrogens is 582 g/mol. The maximum absolute atomic E-state index is 12.8. The number of Topliss-reactive ketones (excluding diaryl/α,β-unsaturated/α-hetero) is 2. The van der Waals surface area contributed by atoms with Crippen molar-refractivity contribution in [2.75, 3.05) is 0 Å². The van der Waals surface area contributed by atoms with Gasteiger partial charge in [0.15, 0.2) is 11.6 Å². The topological polar surface area (TPSA) is 98.4 Å². The molecule has 0 unspecified atom stereocenters. The Morgan fingerprint density at radius 2 is 1.02 bits per heavy atom. The summed E-state index contributed by atoms with van der Waals surface area (Å²) in [6.45, 7) is 27.2. The minimum Gasteiger partial charge on any atom is -0.392 e. The van der Waals surface area contributed by atoms with E-state index in [9.17, 15) is 19.8 Å². The van der Waals surface area contributed by atoms with Crippen molar-refractivity contribution in [1.29, 1.82) is 5.26 Å². The van der Waals surface area contributed by atoms with Gasteiger partial charge in [0.05, 0.1) is 18.3 Å². The van der Waals surface area contributed by atoms with Crippen LogP contribution < -0.4 is 0 Å². The van der Waals surface area contributed by atoms with Crippen LogP contribution >= 0.6 is 0 Å². The summed E-state index contributed by atoms with van der Waals surface area (Å²) in [6, 6.07) is 1.75. The Bertz CT molecular complexity index is 1280. The van der Waals surface area contributed by atoms with Gasteiger partial charge in [0, 0.05) is 30.6 Å². The van der Waals surface area contributed by atoms with Crippen LogP contribution in [0.1, 0.15) is 127 Å². The Balaban J connectivity index is 0.000000197. The van der Waals surface area contributed by atoms with Gasteiger partial charge in [0.2, 0.25) is 0 Å². The molecule has 5 heteroatoms. The van der Waals surface area contributed by atoms with Crippen molar-refractivity contribution in [2.24, 2.45) is 56.2 Å². The van der Waals surface area contributed by atoms with Gasteiger partial charge in [-0.15, -0.1) is 13.2 Å². The smallest absolute Gasteiger partial charge is 0.159 e. The summed E-state index contributed by atoms with van der Waals surface area (Å²) in [5.74, 6) is 1.90. The number of allylic oxidation sites excluding steroid dienone is 2. The van der Waals surface area contributed by atoms with Gasteiger partial charge in [-0.3, -0.25) is 9.59 Å². The van der Waals surface area contributed by atoms with E-state index in [0.29, 0.717) is 49.1 Å². The van der Waals surface area contributed by atoms with Crippen LogP contribution in [-0.2, 0) is 9.59 Å². The molecule has 0 heterocycles. The third-order valence-corrected chi connectivity index (χ3v) is 14.5. The number of carbonyl (C=O) groups is 2. The lowest BCUT2D eigenvalue weighted by Gasteiger charge is -2.59. The molecule has 260 valence electrons. The number of aliphatic hydroxyl groups excluding tert-OH is 2. The molecule has 5 nitrogen and oxygen atoms in total. The lowest BCUT2D eigenvalue weighted by molar-refractivity contribution is -0.134. The molecule has 6 rings (SSSR count). The van der Waals surface area contributed by atoms with Gasteiger partial charge in [0.1, 0.15) is 0 Å². The summed E-state index contributed by atoms with van der Waals surface area (Å²) >= 11 is 0. The highest BCUT2D eigenvalue weighted by Crippen LogP contribution is 2.64. The van der Waals surface area contributed by atoms with Gasteiger partial charge in [0.25, 0.3) is 0 Å². The summed E-state index contributed by atoms with van der Waals surface area (Å²) in [5.41, 5.74) is 1.75. The van der Waals surface area contributed by atoms with Crippen molar-refractivity contribution in [3.8, 4) is 6.07 Å². The van der Waals surface area contributed by atoms with E-state index in [1.165, 1.54) is 45.4 Å². The first kappa shape index (κ1) is 37.5. The van der Waals surface area contributed by atoms with Gasteiger partial charge in [-0.2, -0.15) is 5.26 Å². The molecule has 0 amide bonds. The van der Waals surface area contributed by atoms with Crippen molar-refractivity contribution < 1.29 is 19.8 Å². The largest absolute Gasteiger partial charge is 0.392 e. The lowest BCUT2D eigenvalue weighted by atomic mass is 9.45. The average molecular weight is 646 g/mol. The average Bonchev–Trinajstić information content (AvgIpc) is 2.98. The number of nitriles is 1. The highest BCUT2D eigenvalue weighted by molar-refractivity contribution is 5.98. The van der Waals surface area contributed by atoms with E-state index in [0.717, 1.165) is 11.1 Å². The number of nitrogens with zero attached hydrogens (tertiary/aromatic N) is 1. The van der Waals surface area contributed by atoms with E-state index in [-0.39, 0.29) is 33.5 Å². The van der Waals surface area contributed by atoms with E-state index >= 15 is 0 Å². The predicted molar refractivity (Wildman–Crippen MR) is 190 cm³/mol. The SMILES string of the molecule is C=C[C@]1(C)C=C2C(=O)C[C@H]3C(C)(C)CCC[C@]3(C)[C@H]2C[C@H]1O.C=C[C@]1(C)C=C2C(=O)C[C@H]3C(C)(C)CCC[C@]3(C)[C@H]2C[C@H]1O.CC#N. The van der Waals surface area contributed by atoms with Crippen LogP contribution in [0, 0.1) is 67.5 Å². The number of aliphatic hydroxyl groups is 2.